The lowest BCUT2D eigenvalue weighted by Crippen LogP contribution is -2.07. The summed E-state index contributed by atoms with van der Waals surface area (Å²) in [5.74, 6) is -0.872. The van der Waals surface area contributed by atoms with Gasteiger partial charge in [-0.05, 0) is 31.4 Å². The Morgan fingerprint density at radius 1 is 1.35 bits per heavy atom. The van der Waals surface area contributed by atoms with Crippen molar-refractivity contribution in [3.63, 3.8) is 0 Å². The molecular formula is C14H15NO2. The average Bonchev–Trinajstić information content (AvgIpc) is 2.28. The molecule has 2 rings (SSSR count). The molecule has 0 saturated carbocycles. The van der Waals surface area contributed by atoms with Crippen LogP contribution < -0.4 is 0 Å². The van der Waals surface area contributed by atoms with Crippen LogP contribution in [0.3, 0.4) is 0 Å². The Morgan fingerprint density at radius 3 is 2.65 bits per heavy atom. The van der Waals surface area contributed by atoms with Gasteiger partial charge in [-0.1, -0.05) is 25.1 Å². The molecule has 1 heterocycles. The highest BCUT2D eigenvalue weighted by Gasteiger charge is 2.17. The van der Waals surface area contributed by atoms with E-state index in [9.17, 15) is 9.90 Å². The molecule has 0 aliphatic carbocycles. The summed E-state index contributed by atoms with van der Waals surface area (Å²) in [7, 11) is 0. The first-order chi connectivity index (χ1) is 8.06. The third kappa shape index (κ3) is 1.78. The topological polar surface area (TPSA) is 50.2 Å². The Bertz CT molecular complexity index is 603. The number of carboxylic acids is 1. The lowest BCUT2D eigenvalue weighted by atomic mass is 9.97. The van der Waals surface area contributed by atoms with Crippen molar-refractivity contribution in [1.29, 1.82) is 0 Å². The lowest BCUT2D eigenvalue weighted by Gasteiger charge is -2.12. The first kappa shape index (κ1) is 11.6. The zero-order chi connectivity index (χ0) is 12.6. The molecule has 0 radical (unpaired) electrons. The number of aryl methyl sites for hydroxylation is 2. The van der Waals surface area contributed by atoms with Crippen LogP contribution in [0.15, 0.2) is 18.2 Å². The molecule has 17 heavy (non-hydrogen) atoms. The predicted molar refractivity (Wildman–Crippen MR) is 67.6 cm³/mol. The second-order valence-corrected chi connectivity index (χ2v) is 4.18. The van der Waals surface area contributed by atoms with Gasteiger partial charge in [0.05, 0.1) is 11.1 Å². The fourth-order valence-electron chi connectivity index (χ4n) is 2.26. The van der Waals surface area contributed by atoms with Gasteiger partial charge in [-0.25, -0.2) is 4.79 Å². The Balaban J connectivity index is 2.98. The van der Waals surface area contributed by atoms with Crippen molar-refractivity contribution < 1.29 is 9.90 Å². The smallest absolute Gasteiger partial charge is 0.336 e. The summed E-state index contributed by atoms with van der Waals surface area (Å²) in [6.07, 6.45) is 0.685. The van der Waals surface area contributed by atoms with E-state index < -0.39 is 5.97 Å². The van der Waals surface area contributed by atoms with Gasteiger partial charge < -0.3 is 5.11 Å². The molecule has 0 aliphatic rings. The minimum absolute atomic E-state index is 0.402. The van der Waals surface area contributed by atoms with Crippen LogP contribution in [0, 0.1) is 13.8 Å². The summed E-state index contributed by atoms with van der Waals surface area (Å²) in [5, 5.41) is 10.1. The van der Waals surface area contributed by atoms with E-state index in [0.29, 0.717) is 12.0 Å². The zero-order valence-electron chi connectivity index (χ0n) is 10.2. The van der Waals surface area contributed by atoms with Gasteiger partial charge in [0.15, 0.2) is 0 Å². The van der Waals surface area contributed by atoms with Crippen molar-refractivity contribution in [1.82, 2.24) is 4.98 Å². The maximum absolute atomic E-state index is 11.4. The average molecular weight is 229 g/mol. The maximum atomic E-state index is 11.4. The number of carboxylic acid groups (broad SMARTS) is 1. The van der Waals surface area contributed by atoms with Crippen molar-refractivity contribution in [2.24, 2.45) is 0 Å². The van der Waals surface area contributed by atoms with Crippen molar-refractivity contribution in [2.45, 2.75) is 27.2 Å². The molecule has 1 aromatic carbocycles. The Hall–Kier alpha value is -1.90. The number of aromatic carboxylic acids is 1. The molecule has 0 saturated heterocycles. The zero-order valence-corrected chi connectivity index (χ0v) is 10.2. The number of aromatic nitrogens is 1. The first-order valence-corrected chi connectivity index (χ1v) is 5.68. The summed E-state index contributed by atoms with van der Waals surface area (Å²) in [5.41, 5.74) is 3.84. The molecule has 88 valence electrons. The van der Waals surface area contributed by atoms with Gasteiger partial charge in [-0.3, -0.25) is 4.98 Å². The monoisotopic (exact) mass is 229 g/mol. The maximum Gasteiger partial charge on any atom is 0.336 e. The second-order valence-electron chi connectivity index (χ2n) is 4.18. The van der Waals surface area contributed by atoms with E-state index in [-0.39, 0.29) is 0 Å². The number of carbonyl (C=O) groups is 1. The van der Waals surface area contributed by atoms with Crippen molar-refractivity contribution in [3.05, 3.63) is 40.6 Å². The number of para-hydroxylation sites is 1. The van der Waals surface area contributed by atoms with Crippen LogP contribution in [0.5, 0.6) is 0 Å². The standard InChI is InChI=1S/C14H15NO2/c1-4-10-9(3)15-13-8(2)6-5-7-11(13)12(10)14(16)17/h5-7H,4H2,1-3H3,(H,16,17). The van der Waals surface area contributed by atoms with Crippen LogP contribution in [0.25, 0.3) is 10.9 Å². The summed E-state index contributed by atoms with van der Waals surface area (Å²) in [6, 6.07) is 5.66. The predicted octanol–water partition coefficient (Wildman–Crippen LogP) is 3.11. The number of pyridine rings is 1. The largest absolute Gasteiger partial charge is 0.478 e. The SMILES string of the molecule is CCc1c(C)nc2c(C)cccc2c1C(=O)O. The summed E-state index contributed by atoms with van der Waals surface area (Å²) >= 11 is 0. The molecular weight excluding hydrogens is 214 g/mol. The summed E-state index contributed by atoms with van der Waals surface area (Å²) in [6.45, 7) is 5.78. The normalized spacial score (nSPS) is 10.8. The molecule has 1 N–H and O–H groups in total. The van der Waals surface area contributed by atoms with Crippen LogP contribution in [-0.4, -0.2) is 16.1 Å². The number of nitrogens with zero attached hydrogens (tertiary/aromatic N) is 1. The van der Waals surface area contributed by atoms with Gasteiger partial charge in [0.1, 0.15) is 0 Å². The minimum atomic E-state index is -0.872. The number of hydrogen-bond donors (Lipinski definition) is 1. The molecule has 0 spiro atoms. The molecule has 0 atom stereocenters. The van der Waals surface area contributed by atoms with E-state index in [0.717, 1.165) is 27.7 Å². The molecule has 0 unspecified atom stereocenters. The van der Waals surface area contributed by atoms with Crippen LogP contribution in [0.1, 0.15) is 34.1 Å². The number of fused-ring (bicyclic) bond motifs is 1. The third-order valence-corrected chi connectivity index (χ3v) is 3.09. The van der Waals surface area contributed by atoms with Gasteiger partial charge in [0.25, 0.3) is 0 Å². The molecule has 3 nitrogen and oxygen atoms in total. The van der Waals surface area contributed by atoms with Gasteiger partial charge in [-0.2, -0.15) is 0 Å². The van der Waals surface area contributed by atoms with Crippen LogP contribution >= 0.6 is 0 Å². The van der Waals surface area contributed by atoms with Crippen LogP contribution in [-0.2, 0) is 6.42 Å². The van der Waals surface area contributed by atoms with E-state index in [4.69, 9.17) is 0 Å². The fourth-order valence-corrected chi connectivity index (χ4v) is 2.26. The Morgan fingerprint density at radius 2 is 2.06 bits per heavy atom. The van der Waals surface area contributed by atoms with Crippen molar-refractivity contribution in [2.75, 3.05) is 0 Å². The number of hydrogen-bond acceptors (Lipinski definition) is 2. The van der Waals surface area contributed by atoms with Crippen molar-refractivity contribution >= 4 is 16.9 Å². The van der Waals surface area contributed by atoms with Gasteiger partial charge >= 0.3 is 5.97 Å². The third-order valence-electron chi connectivity index (χ3n) is 3.09. The van der Waals surface area contributed by atoms with E-state index in [1.807, 2.05) is 39.0 Å². The van der Waals surface area contributed by atoms with Crippen molar-refractivity contribution in [3.8, 4) is 0 Å². The van der Waals surface area contributed by atoms with E-state index in [2.05, 4.69) is 4.98 Å². The quantitative estimate of drug-likeness (QED) is 0.860. The molecule has 0 bridgehead atoms. The highest BCUT2D eigenvalue weighted by Crippen LogP contribution is 2.25. The molecule has 0 amide bonds. The number of benzene rings is 1. The lowest BCUT2D eigenvalue weighted by molar-refractivity contribution is 0.0697. The summed E-state index contributed by atoms with van der Waals surface area (Å²) < 4.78 is 0. The van der Waals surface area contributed by atoms with E-state index >= 15 is 0 Å². The summed E-state index contributed by atoms with van der Waals surface area (Å²) in [4.78, 5) is 16.0. The molecule has 3 heteroatoms. The molecule has 0 fully saturated rings. The Labute approximate surface area is 100 Å². The van der Waals surface area contributed by atoms with Gasteiger partial charge in [-0.15, -0.1) is 0 Å². The van der Waals surface area contributed by atoms with E-state index in [1.165, 1.54) is 0 Å². The molecule has 0 aliphatic heterocycles. The highest BCUT2D eigenvalue weighted by atomic mass is 16.4. The Kier molecular flexibility index (Phi) is 2.84. The minimum Gasteiger partial charge on any atom is -0.478 e. The van der Waals surface area contributed by atoms with Crippen LogP contribution in [0.4, 0.5) is 0 Å². The molecule has 1 aromatic heterocycles. The van der Waals surface area contributed by atoms with Gasteiger partial charge in [0.2, 0.25) is 0 Å². The number of rotatable bonds is 2. The van der Waals surface area contributed by atoms with Gasteiger partial charge in [0, 0.05) is 11.1 Å². The first-order valence-electron chi connectivity index (χ1n) is 5.68. The van der Waals surface area contributed by atoms with E-state index in [1.54, 1.807) is 0 Å². The fraction of sp³-hybridized carbons (Fsp3) is 0.286. The highest BCUT2D eigenvalue weighted by molar-refractivity contribution is 6.04. The van der Waals surface area contributed by atoms with Crippen LogP contribution in [0.2, 0.25) is 0 Å². The molecule has 2 aromatic rings. The second kappa shape index (κ2) is 4.17.